The van der Waals surface area contributed by atoms with Crippen LogP contribution in [0.3, 0.4) is 0 Å². The summed E-state index contributed by atoms with van der Waals surface area (Å²) in [6, 6.07) is 7.82. The lowest BCUT2D eigenvalue weighted by molar-refractivity contribution is 0.149. The fourth-order valence-corrected chi connectivity index (χ4v) is 3.90. The second-order valence-electron chi connectivity index (χ2n) is 6.87. The van der Waals surface area contributed by atoms with E-state index in [1.807, 2.05) is 12.1 Å². The molecule has 3 rings (SSSR count). The Morgan fingerprint density at radius 2 is 2.17 bits per heavy atom. The average Bonchev–Trinajstić information content (AvgIpc) is 2.86. The number of carbonyl (C=O) groups is 1. The number of nitrogens with zero attached hydrogens (tertiary/aromatic N) is 1. The number of hydrogen-bond donors (Lipinski definition) is 3. The van der Waals surface area contributed by atoms with Crippen LogP contribution in [0.1, 0.15) is 43.4 Å². The predicted octanol–water partition coefficient (Wildman–Crippen LogP) is 1.84. The number of nitrogens with one attached hydrogen (secondary N) is 1. The molecule has 23 heavy (non-hydrogen) atoms. The maximum atomic E-state index is 12.7. The molecule has 0 bridgehead atoms. The van der Waals surface area contributed by atoms with Crippen LogP contribution in [-0.4, -0.2) is 46.4 Å². The van der Waals surface area contributed by atoms with Crippen molar-refractivity contribution in [2.75, 3.05) is 13.2 Å². The number of carbonyl (C=O) groups excluding carboxylic acids is 1. The van der Waals surface area contributed by atoms with Gasteiger partial charge in [0.1, 0.15) is 0 Å². The van der Waals surface area contributed by atoms with Crippen molar-refractivity contribution in [1.29, 1.82) is 0 Å². The van der Waals surface area contributed by atoms with E-state index in [4.69, 9.17) is 0 Å². The zero-order chi connectivity index (χ0) is 16.4. The molecule has 1 aliphatic carbocycles. The van der Waals surface area contributed by atoms with Crippen molar-refractivity contribution in [2.45, 2.75) is 50.8 Å². The minimum Gasteiger partial charge on any atom is -0.394 e. The van der Waals surface area contributed by atoms with Gasteiger partial charge in [-0.25, -0.2) is 4.79 Å². The van der Waals surface area contributed by atoms with Crippen molar-refractivity contribution in [2.24, 2.45) is 5.92 Å². The Morgan fingerprint density at radius 3 is 2.96 bits per heavy atom. The highest BCUT2D eigenvalue weighted by atomic mass is 16.3. The number of benzene rings is 1. The van der Waals surface area contributed by atoms with Crippen LogP contribution >= 0.6 is 0 Å². The highest BCUT2D eigenvalue weighted by Gasteiger charge is 2.36. The number of β-amino-alcohol motifs (C(OH)–C–C–N with tert-alkyl or cyclic N) is 1. The van der Waals surface area contributed by atoms with Crippen LogP contribution in [0.25, 0.3) is 0 Å². The molecular weight excluding hydrogens is 292 g/mol. The summed E-state index contributed by atoms with van der Waals surface area (Å²) in [5.41, 5.74) is 2.51. The van der Waals surface area contributed by atoms with Crippen LogP contribution in [0.2, 0.25) is 0 Å². The Morgan fingerprint density at radius 1 is 1.39 bits per heavy atom. The molecule has 0 saturated carbocycles. The Balaban J connectivity index is 1.79. The summed E-state index contributed by atoms with van der Waals surface area (Å²) < 4.78 is 0. The Hall–Kier alpha value is -1.59. The third-order valence-corrected chi connectivity index (χ3v) is 5.21. The predicted molar refractivity (Wildman–Crippen MR) is 88.0 cm³/mol. The van der Waals surface area contributed by atoms with E-state index in [1.165, 1.54) is 11.1 Å². The summed E-state index contributed by atoms with van der Waals surface area (Å²) in [4.78, 5) is 14.3. The van der Waals surface area contributed by atoms with E-state index >= 15 is 0 Å². The van der Waals surface area contributed by atoms with E-state index in [0.29, 0.717) is 18.9 Å². The molecule has 1 fully saturated rings. The second kappa shape index (κ2) is 6.89. The molecule has 3 N–H and O–H groups in total. The van der Waals surface area contributed by atoms with Gasteiger partial charge in [-0.2, -0.15) is 0 Å². The molecular formula is C18H26N2O3. The average molecular weight is 318 g/mol. The number of fused-ring (bicyclic) bond motifs is 1. The van der Waals surface area contributed by atoms with Gasteiger partial charge in [-0.15, -0.1) is 0 Å². The first-order valence-electron chi connectivity index (χ1n) is 8.54. The van der Waals surface area contributed by atoms with Crippen molar-refractivity contribution in [3.63, 3.8) is 0 Å². The first-order chi connectivity index (χ1) is 11.1. The zero-order valence-corrected chi connectivity index (χ0v) is 13.6. The molecule has 0 spiro atoms. The van der Waals surface area contributed by atoms with E-state index in [9.17, 15) is 15.0 Å². The molecule has 2 aliphatic rings. The number of likely N-dealkylation sites (tertiary alicyclic amines) is 1. The van der Waals surface area contributed by atoms with E-state index in [2.05, 4.69) is 24.4 Å². The fraction of sp³-hybridized carbons (Fsp3) is 0.611. The highest BCUT2D eigenvalue weighted by Crippen LogP contribution is 2.33. The van der Waals surface area contributed by atoms with Gasteiger partial charge in [0.05, 0.1) is 24.8 Å². The topological polar surface area (TPSA) is 72.8 Å². The fourth-order valence-electron chi connectivity index (χ4n) is 3.90. The molecule has 0 radical (unpaired) electrons. The van der Waals surface area contributed by atoms with Gasteiger partial charge in [-0.3, -0.25) is 0 Å². The van der Waals surface area contributed by atoms with Crippen LogP contribution in [0.15, 0.2) is 24.3 Å². The van der Waals surface area contributed by atoms with Gasteiger partial charge in [0.15, 0.2) is 0 Å². The Kier molecular flexibility index (Phi) is 4.87. The third-order valence-electron chi connectivity index (χ3n) is 5.21. The maximum Gasteiger partial charge on any atom is 0.318 e. The molecule has 1 saturated heterocycles. The van der Waals surface area contributed by atoms with Gasteiger partial charge in [0.25, 0.3) is 0 Å². The SMILES string of the molecule is C[C@H]1CCCc2ccccc2[C@H]1NC(=O)N1C[C@@H](O)C[C@H]1CO. The lowest BCUT2D eigenvalue weighted by Gasteiger charge is -2.30. The van der Waals surface area contributed by atoms with Crippen LogP contribution in [0.5, 0.6) is 0 Å². The number of hydrogen-bond acceptors (Lipinski definition) is 3. The van der Waals surface area contributed by atoms with Gasteiger partial charge >= 0.3 is 6.03 Å². The van der Waals surface area contributed by atoms with Crippen LogP contribution in [0.4, 0.5) is 4.79 Å². The van der Waals surface area contributed by atoms with Crippen molar-refractivity contribution < 1.29 is 15.0 Å². The molecule has 0 aromatic heterocycles. The monoisotopic (exact) mass is 318 g/mol. The molecule has 1 aliphatic heterocycles. The summed E-state index contributed by atoms with van der Waals surface area (Å²) in [7, 11) is 0. The summed E-state index contributed by atoms with van der Waals surface area (Å²) >= 11 is 0. The van der Waals surface area contributed by atoms with E-state index in [0.717, 1.165) is 19.3 Å². The smallest absolute Gasteiger partial charge is 0.318 e. The molecule has 5 heteroatoms. The van der Waals surface area contributed by atoms with Crippen LogP contribution in [0, 0.1) is 5.92 Å². The quantitative estimate of drug-likeness (QED) is 0.729. The molecule has 1 aromatic rings. The highest BCUT2D eigenvalue weighted by molar-refractivity contribution is 5.75. The van der Waals surface area contributed by atoms with Crippen molar-refractivity contribution >= 4 is 6.03 Å². The van der Waals surface area contributed by atoms with Gasteiger partial charge in [0.2, 0.25) is 0 Å². The number of aliphatic hydroxyl groups excluding tert-OH is 2. The second-order valence-corrected chi connectivity index (χ2v) is 6.87. The van der Waals surface area contributed by atoms with E-state index < -0.39 is 6.10 Å². The standard InChI is InChI=1S/C18H26N2O3/c1-12-5-4-7-13-6-2-3-8-16(13)17(12)19-18(23)20-10-15(22)9-14(20)11-21/h2-3,6,8,12,14-15,17,21-22H,4-5,7,9-11H2,1H3,(H,19,23)/t12-,14-,15-,17-/m0/s1. The maximum absolute atomic E-state index is 12.7. The number of aliphatic hydroxyl groups is 2. The summed E-state index contributed by atoms with van der Waals surface area (Å²) in [5, 5.41) is 22.4. The summed E-state index contributed by atoms with van der Waals surface area (Å²) in [6.07, 6.45) is 3.16. The largest absolute Gasteiger partial charge is 0.394 e. The lowest BCUT2D eigenvalue weighted by atomic mass is 9.92. The molecule has 126 valence electrons. The number of urea groups is 1. The lowest BCUT2D eigenvalue weighted by Crippen LogP contribution is -2.46. The number of aryl methyl sites for hydroxylation is 1. The Labute approximate surface area is 137 Å². The van der Waals surface area contributed by atoms with Crippen LogP contribution in [-0.2, 0) is 6.42 Å². The molecule has 1 aromatic carbocycles. The number of rotatable bonds is 2. The zero-order valence-electron chi connectivity index (χ0n) is 13.6. The van der Waals surface area contributed by atoms with Crippen molar-refractivity contribution in [3.05, 3.63) is 35.4 Å². The molecule has 4 atom stereocenters. The van der Waals surface area contributed by atoms with E-state index in [-0.39, 0.29) is 24.7 Å². The third kappa shape index (κ3) is 3.35. The van der Waals surface area contributed by atoms with Crippen molar-refractivity contribution in [1.82, 2.24) is 10.2 Å². The van der Waals surface area contributed by atoms with Gasteiger partial charge in [0, 0.05) is 6.54 Å². The summed E-state index contributed by atoms with van der Waals surface area (Å²) in [5.74, 6) is 0.364. The van der Waals surface area contributed by atoms with Gasteiger partial charge < -0.3 is 20.4 Å². The molecule has 2 amide bonds. The minimum absolute atomic E-state index is 0.0155. The van der Waals surface area contributed by atoms with E-state index in [1.54, 1.807) is 4.90 Å². The van der Waals surface area contributed by atoms with Crippen molar-refractivity contribution in [3.8, 4) is 0 Å². The van der Waals surface area contributed by atoms with Gasteiger partial charge in [-0.05, 0) is 42.7 Å². The normalized spacial score (nSPS) is 30.7. The molecule has 0 unspecified atom stereocenters. The first kappa shape index (κ1) is 16.3. The summed E-state index contributed by atoms with van der Waals surface area (Å²) in [6.45, 7) is 2.36. The Bertz CT molecular complexity index is 563. The van der Waals surface area contributed by atoms with Crippen LogP contribution < -0.4 is 5.32 Å². The van der Waals surface area contributed by atoms with Gasteiger partial charge in [-0.1, -0.05) is 31.2 Å². The number of amides is 2. The first-order valence-corrected chi connectivity index (χ1v) is 8.54. The molecule has 5 nitrogen and oxygen atoms in total. The molecule has 1 heterocycles. The minimum atomic E-state index is -0.545.